The molecule has 222 valence electrons. The molecule has 2 amide bonds. The van der Waals surface area contributed by atoms with Crippen LogP contribution >= 0.6 is 0 Å². The van der Waals surface area contributed by atoms with Crippen molar-refractivity contribution in [2.75, 3.05) is 62.2 Å². The molecule has 4 fully saturated rings. The largest absolute Gasteiger partial charge is 0.368 e. The minimum atomic E-state index is -0.388. The molecule has 5 heterocycles. The van der Waals surface area contributed by atoms with E-state index in [1.165, 1.54) is 18.5 Å². The van der Waals surface area contributed by atoms with Gasteiger partial charge in [0.25, 0.3) is 0 Å². The third kappa shape index (κ3) is 4.75. The van der Waals surface area contributed by atoms with Gasteiger partial charge in [-0.05, 0) is 74.7 Å². The van der Waals surface area contributed by atoms with E-state index in [9.17, 15) is 9.59 Å². The minimum absolute atomic E-state index is 0.161. The first-order valence-corrected chi connectivity index (χ1v) is 15.5. The SMILES string of the molecule is Cn1cnc(-c2ccc(N3CCN(C(=O)CN4CC[C@]5(CCN(c6ccc7n[nH]c(C8CC8)c7c6)C5=O)C4)CC3)cc2)n1. The molecule has 11 nitrogen and oxygen atoms in total. The molecule has 3 saturated heterocycles. The summed E-state index contributed by atoms with van der Waals surface area (Å²) in [5, 5.41) is 13.2. The molecule has 1 spiro atoms. The van der Waals surface area contributed by atoms with Gasteiger partial charge in [0.1, 0.15) is 6.33 Å². The Labute approximate surface area is 250 Å². The summed E-state index contributed by atoms with van der Waals surface area (Å²) in [5.74, 6) is 1.66. The van der Waals surface area contributed by atoms with Gasteiger partial charge in [-0.1, -0.05) is 0 Å². The molecule has 8 rings (SSSR count). The first-order chi connectivity index (χ1) is 21.0. The first-order valence-electron chi connectivity index (χ1n) is 15.5. The number of fused-ring (bicyclic) bond motifs is 1. The summed E-state index contributed by atoms with van der Waals surface area (Å²) >= 11 is 0. The van der Waals surface area contributed by atoms with Crippen LogP contribution in [-0.4, -0.2) is 98.9 Å². The normalized spacial score (nSPS) is 22.9. The molecular formula is C32H37N9O2. The Morgan fingerprint density at radius 3 is 2.49 bits per heavy atom. The van der Waals surface area contributed by atoms with Gasteiger partial charge in [0.15, 0.2) is 5.82 Å². The zero-order chi connectivity index (χ0) is 29.1. The van der Waals surface area contributed by atoms with Gasteiger partial charge in [0.05, 0.1) is 17.5 Å². The van der Waals surface area contributed by atoms with Crippen LogP contribution in [-0.2, 0) is 16.6 Å². The second-order valence-electron chi connectivity index (χ2n) is 12.7. The molecule has 0 bridgehead atoms. The van der Waals surface area contributed by atoms with Gasteiger partial charge in [-0.25, -0.2) is 4.98 Å². The molecule has 4 aromatic rings. The molecule has 11 heteroatoms. The van der Waals surface area contributed by atoms with Gasteiger partial charge in [-0.15, -0.1) is 0 Å². The molecule has 1 saturated carbocycles. The van der Waals surface area contributed by atoms with E-state index >= 15 is 0 Å². The van der Waals surface area contributed by atoms with Crippen LogP contribution in [0.3, 0.4) is 0 Å². The van der Waals surface area contributed by atoms with Gasteiger partial charge in [0.2, 0.25) is 11.8 Å². The number of rotatable bonds is 6. The lowest BCUT2D eigenvalue weighted by Crippen LogP contribution is -2.51. The molecule has 1 atom stereocenters. The van der Waals surface area contributed by atoms with Crippen molar-refractivity contribution in [3.05, 3.63) is 54.5 Å². The molecular weight excluding hydrogens is 542 g/mol. The lowest BCUT2D eigenvalue weighted by molar-refractivity contribution is -0.133. The second-order valence-corrected chi connectivity index (χ2v) is 12.7. The van der Waals surface area contributed by atoms with Crippen LogP contribution in [0, 0.1) is 5.41 Å². The zero-order valence-corrected chi connectivity index (χ0v) is 24.6. The Morgan fingerprint density at radius 2 is 1.74 bits per heavy atom. The third-order valence-electron chi connectivity index (χ3n) is 9.89. The molecule has 43 heavy (non-hydrogen) atoms. The van der Waals surface area contributed by atoms with Crippen molar-refractivity contribution in [2.45, 2.75) is 31.6 Å². The number of anilines is 2. The van der Waals surface area contributed by atoms with Crippen LogP contribution in [0.2, 0.25) is 0 Å². The van der Waals surface area contributed by atoms with Gasteiger partial charge in [-0.2, -0.15) is 10.2 Å². The van der Waals surface area contributed by atoms with Crippen molar-refractivity contribution in [3.63, 3.8) is 0 Å². The van der Waals surface area contributed by atoms with Crippen molar-refractivity contribution < 1.29 is 9.59 Å². The highest BCUT2D eigenvalue weighted by atomic mass is 16.2. The molecule has 0 unspecified atom stereocenters. The number of H-pyrrole nitrogens is 1. The molecule has 4 aliphatic rings. The number of hydrogen-bond acceptors (Lipinski definition) is 7. The lowest BCUT2D eigenvalue weighted by Gasteiger charge is -2.37. The Kier molecular flexibility index (Phi) is 6.25. The highest BCUT2D eigenvalue weighted by Gasteiger charge is 2.51. The Bertz CT molecular complexity index is 1680. The maximum atomic E-state index is 13.8. The van der Waals surface area contributed by atoms with E-state index in [1.54, 1.807) is 11.0 Å². The quantitative estimate of drug-likeness (QED) is 0.374. The fraction of sp³-hybridized carbons (Fsp3) is 0.469. The summed E-state index contributed by atoms with van der Waals surface area (Å²) < 4.78 is 1.70. The van der Waals surface area contributed by atoms with Crippen LogP contribution in [0.5, 0.6) is 0 Å². The minimum Gasteiger partial charge on any atom is -0.368 e. The average Bonchev–Trinajstić information content (AvgIpc) is 3.31. The lowest BCUT2D eigenvalue weighted by atomic mass is 9.85. The van der Waals surface area contributed by atoms with Crippen molar-refractivity contribution in [2.24, 2.45) is 12.5 Å². The van der Waals surface area contributed by atoms with Gasteiger partial charge < -0.3 is 14.7 Å². The van der Waals surface area contributed by atoms with Crippen molar-refractivity contribution >= 4 is 34.1 Å². The number of aryl methyl sites for hydroxylation is 1. The van der Waals surface area contributed by atoms with Crippen LogP contribution in [0.25, 0.3) is 22.3 Å². The number of carbonyl (C=O) groups is 2. The number of aromatic nitrogens is 5. The topological polar surface area (TPSA) is 106 Å². The monoisotopic (exact) mass is 579 g/mol. The van der Waals surface area contributed by atoms with E-state index in [-0.39, 0.29) is 17.2 Å². The maximum Gasteiger partial charge on any atom is 0.236 e. The number of nitrogens with zero attached hydrogens (tertiary/aromatic N) is 8. The van der Waals surface area contributed by atoms with Gasteiger partial charge in [-0.3, -0.25) is 24.3 Å². The third-order valence-corrected chi connectivity index (χ3v) is 9.89. The molecule has 1 aliphatic carbocycles. The Balaban J connectivity index is 0.860. The number of aromatic amines is 1. The van der Waals surface area contributed by atoms with Crippen molar-refractivity contribution in [1.29, 1.82) is 0 Å². The number of benzene rings is 2. The van der Waals surface area contributed by atoms with E-state index in [0.29, 0.717) is 32.1 Å². The fourth-order valence-corrected chi connectivity index (χ4v) is 7.21. The summed E-state index contributed by atoms with van der Waals surface area (Å²) in [7, 11) is 1.86. The predicted molar refractivity (Wildman–Crippen MR) is 164 cm³/mol. The molecule has 3 aliphatic heterocycles. The molecule has 2 aromatic carbocycles. The number of hydrogen-bond donors (Lipinski definition) is 1. The summed E-state index contributed by atoms with van der Waals surface area (Å²) in [6, 6.07) is 14.5. The van der Waals surface area contributed by atoms with Crippen LogP contribution in [0.4, 0.5) is 11.4 Å². The first kappa shape index (κ1) is 26.4. The number of amides is 2. The van der Waals surface area contributed by atoms with Crippen LogP contribution in [0.1, 0.15) is 37.3 Å². The van der Waals surface area contributed by atoms with Crippen molar-refractivity contribution in [3.8, 4) is 11.4 Å². The van der Waals surface area contributed by atoms with E-state index in [2.05, 4.69) is 60.4 Å². The predicted octanol–water partition coefficient (Wildman–Crippen LogP) is 3.01. The smallest absolute Gasteiger partial charge is 0.236 e. The fourth-order valence-electron chi connectivity index (χ4n) is 7.21. The standard InChI is InChI=1S/C32H37N9O2/c1-37-21-33-30(36-37)23-4-6-24(7-5-23)39-14-16-40(17-15-39)28(42)19-38-12-10-32(20-38)11-13-41(31(32)43)25-8-9-27-26(18-25)29(35-34-27)22-2-3-22/h4-9,18,21-22H,2-3,10-17,19-20H2,1H3,(H,34,35)/t32-/m0/s1. The molecule has 1 N–H and O–H groups in total. The molecule has 0 radical (unpaired) electrons. The highest BCUT2D eigenvalue weighted by molar-refractivity contribution is 6.02. The van der Waals surface area contributed by atoms with Crippen LogP contribution in [0.15, 0.2) is 48.8 Å². The van der Waals surface area contributed by atoms with E-state index < -0.39 is 0 Å². The van der Waals surface area contributed by atoms with Crippen LogP contribution < -0.4 is 9.80 Å². The van der Waals surface area contributed by atoms with E-state index in [4.69, 9.17) is 0 Å². The number of carbonyl (C=O) groups excluding carboxylic acids is 2. The number of nitrogens with one attached hydrogen (secondary N) is 1. The van der Waals surface area contributed by atoms with E-state index in [1.807, 2.05) is 29.0 Å². The maximum absolute atomic E-state index is 13.8. The van der Waals surface area contributed by atoms with Gasteiger partial charge >= 0.3 is 0 Å². The zero-order valence-electron chi connectivity index (χ0n) is 24.6. The molecule has 2 aromatic heterocycles. The average molecular weight is 580 g/mol. The highest BCUT2D eigenvalue weighted by Crippen LogP contribution is 2.45. The second kappa shape index (κ2) is 10.2. The number of likely N-dealkylation sites (tertiary alicyclic amines) is 1. The van der Waals surface area contributed by atoms with Gasteiger partial charge in [0, 0.05) is 80.3 Å². The number of piperazine rings is 1. The Morgan fingerprint density at radius 1 is 0.977 bits per heavy atom. The summed E-state index contributed by atoms with van der Waals surface area (Å²) in [4.78, 5) is 39.9. The summed E-state index contributed by atoms with van der Waals surface area (Å²) in [5.41, 5.74) is 4.89. The summed E-state index contributed by atoms with van der Waals surface area (Å²) in [6.45, 7) is 5.56. The Hall–Kier alpha value is -4.25. The summed E-state index contributed by atoms with van der Waals surface area (Å²) in [6.07, 6.45) is 5.76. The van der Waals surface area contributed by atoms with Crippen molar-refractivity contribution in [1.82, 2.24) is 34.8 Å². The van der Waals surface area contributed by atoms with E-state index in [0.717, 1.165) is 72.7 Å².